The van der Waals surface area contributed by atoms with E-state index in [0.29, 0.717) is 30.4 Å². The minimum atomic E-state index is -1.63. The maximum Gasteiger partial charge on any atom is 0.306 e. The molecule has 0 aromatic heterocycles. The summed E-state index contributed by atoms with van der Waals surface area (Å²) in [6, 6.07) is 15.7. The molecule has 0 aliphatic carbocycles. The Balaban J connectivity index is 1.85. The number of unbranched alkanes of at least 4 members (excludes halogenated alkanes) is 2. The summed E-state index contributed by atoms with van der Waals surface area (Å²) in [6.07, 6.45) is -12.7. The number of rotatable bonds is 31. The van der Waals surface area contributed by atoms with Gasteiger partial charge in [-0.05, 0) is 44.7 Å². The van der Waals surface area contributed by atoms with Gasteiger partial charge < -0.3 is 72.3 Å². The van der Waals surface area contributed by atoms with E-state index in [1.807, 2.05) is 18.2 Å². The van der Waals surface area contributed by atoms with Crippen molar-refractivity contribution in [3.8, 4) is 0 Å². The van der Waals surface area contributed by atoms with Gasteiger partial charge in [-0.15, -0.1) is 0 Å². The van der Waals surface area contributed by atoms with Gasteiger partial charge in [0.1, 0.15) is 24.1 Å². The van der Waals surface area contributed by atoms with Crippen LogP contribution < -0.4 is 10.6 Å². The molecule has 2 aromatic rings. The molecule has 2 aliphatic heterocycles. The molecule has 77 heavy (non-hydrogen) atoms. The Morgan fingerprint density at radius 3 is 1.45 bits per heavy atom. The number of esters is 6. The van der Waals surface area contributed by atoms with Gasteiger partial charge in [-0.3, -0.25) is 38.4 Å². The van der Waals surface area contributed by atoms with Crippen molar-refractivity contribution in [2.75, 3.05) is 26.9 Å². The van der Waals surface area contributed by atoms with Crippen LogP contribution in [0.4, 0.5) is 0 Å². The molecule has 2 aliphatic rings. The first-order valence-electron chi connectivity index (χ1n) is 25.6. The van der Waals surface area contributed by atoms with E-state index < -0.39 is 115 Å². The average molecular weight is 1090 g/mol. The Hall–Kier alpha value is -6.37. The molecule has 2 fully saturated rings. The maximum absolute atomic E-state index is 14.2. The summed E-state index contributed by atoms with van der Waals surface area (Å²) in [5, 5.41) is 5.75. The maximum atomic E-state index is 14.2. The summed E-state index contributed by atoms with van der Waals surface area (Å²) in [4.78, 5) is 114. The van der Waals surface area contributed by atoms with Crippen molar-refractivity contribution in [2.45, 2.75) is 187 Å². The molecule has 23 heteroatoms. The summed E-state index contributed by atoms with van der Waals surface area (Å²) in [5.74, 6) is -5.98. The zero-order chi connectivity index (χ0) is 56.4. The molecular weight excluding hydrogens is 1010 g/mol. The van der Waals surface area contributed by atoms with Gasteiger partial charge in [-0.25, -0.2) is 0 Å². The van der Waals surface area contributed by atoms with E-state index in [2.05, 4.69) is 10.6 Å². The number of amides is 2. The molecule has 2 amide bonds. The van der Waals surface area contributed by atoms with E-state index in [0.717, 1.165) is 13.8 Å². The molecular formula is C54H74N2O21. The summed E-state index contributed by atoms with van der Waals surface area (Å²) >= 11 is 0. The number of Topliss-reactive ketones (excluding diaryl/α,β-unsaturated/α-hetero) is 1. The highest BCUT2D eigenvalue weighted by atomic mass is 16.8. The first-order valence-corrected chi connectivity index (χ1v) is 25.6. The van der Waals surface area contributed by atoms with Crippen molar-refractivity contribution in [3.05, 3.63) is 71.8 Å². The second-order valence-electron chi connectivity index (χ2n) is 18.5. The highest BCUT2D eigenvalue weighted by Crippen LogP contribution is 2.35. The van der Waals surface area contributed by atoms with Crippen LogP contribution in [-0.2, 0) is 113 Å². The topological polar surface area (TPSA) is 288 Å². The molecule has 2 heterocycles. The lowest BCUT2D eigenvalue weighted by Crippen LogP contribution is -2.69. The van der Waals surface area contributed by atoms with Crippen molar-refractivity contribution in [2.24, 2.45) is 0 Å². The Kier molecular flexibility index (Phi) is 27.1. The first-order chi connectivity index (χ1) is 36.8. The lowest BCUT2D eigenvalue weighted by Gasteiger charge is -2.49. The lowest BCUT2D eigenvalue weighted by atomic mass is 9.94. The number of nitrogens with one attached hydrogen (secondary N) is 2. The second kappa shape index (κ2) is 33.0. The van der Waals surface area contributed by atoms with Gasteiger partial charge in [-0.1, -0.05) is 67.1 Å². The molecule has 0 unspecified atom stereocenters. The molecule has 0 spiro atoms. The van der Waals surface area contributed by atoms with Crippen molar-refractivity contribution < 1.29 is 100.0 Å². The Bertz CT molecular complexity index is 2230. The molecule has 2 aromatic carbocycles. The third-order valence-corrected chi connectivity index (χ3v) is 12.1. The van der Waals surface area contributed by atoms with Gasteiger partial charge in [0.15, 0.2) is 30.9 Å². The van der Waals surface area contributed by atoms with Crippen LogP contribution in [0.2, 0.25) is 0 Å². The van der Waals surface area contributed by atoms with Crippen molar-refractivity contribution in [1.82, 2.24) is 10.6 Å². The fraction of sp³-hybridized carbons (Fsp3) is 0.611. The summed E-state index contributed by atoms with van der Waals surface area (Å²) in [5.41, 5.74) is 1.39. The molecule has 426 valence electrons. The summed E-state index contributed by atoms with van der Waals surface area (Å²) in [7, 11) is 1.30. The lowest BCUT2D eigenvalue weighted by molar-refractivity contribution is -0.353. The van der Waals surface area contributed by atoms with Crippen LogP contribution in [0, 0.1) is 0 Å². The van der Waals surface area contributed by atoms with Gasteiger partial charge in [0.2, 0.25) is 0 Å². The van der Waals surface area contributed by atoms with Crippen LogP contribution in [0.3, 0.4) is 0 Å². The van der Waals surface area contributed by atoms with E-state index >= 15 is 0 Å². The predicted molar refractivity (Wildman–Crippen MR) is 267 cm³/mol. The fourth-order valence-corrected chi connectivity index (χ4v) is 8.35. The zero-order valence-corrected chi connectivity index (χ0v) is 45.0. The number of carbonyl (C=O) groups excluding carboxylic acids is 9. The predicted octanol–water partition coefficient (Wildman–Crippen LogP) is 3.80. The highest BCUT2D eigenvalue weighted by Gasteiger charge is 2.54. The minimum absolute atomic E-state index is 0.0617. The third kappa shape index (κ3) is 22.3. The monoisotopic (exact) mass is 1090 g/mol. The number of carbonyl (C=O) groups is 9. The minimum Gasteiger partial charge on any atom is -0.469 e. The van der Waals surface area contributed by atoms with Gasteiger partial charge in [0.05, 0.1) is 64.2 Å². The third-order valence-electron chi connectivity index (χ3n) is 12.1. The standard InChI is InChI=1S/C54H74N2O21/c1-32(57)23-24-44(63)76-50-48(71-31-40-20-14-10-15-21-40)46(56-52(65)42(75-38(7)61)26-29-68-36(5)59)34(3)73-54(50)77-49-47(70-30-39-18-12-9-13-19-39)45(55-51(64)41(74-37(6)60)25-28-67-35(4)58)33(2)72-53(49)69-27-17-11-16-22-43(62)66-8/h9-10,12-15,18-21,33-34,41-42,45-50,53-54H,11,16-17,22-31H2,1-8H3,(H,55,64)(H,56,65)/t33-,34-,41-,42-,45-,46-,47+,48+,49+,50+,53+,54-/m1/s1. The highest BCUT2D eigenvalue weighted by molar-refractivity contribution is 5.84. The van der Waals surface area contributed by atoms with Crippen molar-refractivity contribution in [3.63, 3.8) is 0 Å². The molecule has 2 N–H and O–H groups in total. The Labute approximate surface area is 448 Å². The van der Waals surface area contributed by atoms with Crippen LogP contribution in [0.25, 0.3) is 0 Å². The molecule has 0 bridgehead atoms. The van der Waals surface area contributed by atoms with E-state index in [1.54, 1.807) is 56.3 Å². The van der Waals surface area contributed by atoms with Gasteiger partial charge in [0.25, 0.3) is 11.8 Å². The number of ketones is 1. The van der Waals surface area contributed by atoms with E-state index in [4.69, 9.17) is 56.8 Å². The van der Waals surface area contributed by atoms with Gasteiger partial charge in [-0.2, -0.15) is 0 Å². The normalized spacial score (nSPS) is 23.7. The van der Waals surface area contributed by atoms with E-state index in [-0.39, 0.29) is 76.9 Å². The Morgan fingerprint density at radius 2 is 1.00 bits per heavy atom. The number of hydrogen-bond donors (Lipinski definition) is 2. The molecule has 2 saturated heterocycles. The number of methoxy groups -OCH3 is 1. The van der Waals surface area contributed by atoms with Crippen molar-refractivity contribution >= 4 is 53.4 Å². The number of benzene rings is 2. The number of ether oxygens (including phenoxy) is 12. The van der Waals surface area contributed by atoms with E-state index in [9.17, 15) is 43.2 Å². The molecule has 0 radical (unpaired) electrons. The zero-order valence-electron chi connectivity index (χ0n) is 45.0. The van der Waals surface area contributed by atoms with Crippen LogP contribution in [0.5, 0.6) is 0 Å². The summed E-state index contributed by atoms with van der Waals surface area (Å²) in [6.45, 7) is 8.52. The first kappa shape index (κ1) is 63.2. The smallest absolute Gasteiger partial charge is 0.306 e. The Morgan fingerprint density at radius 1 is 0.519 bits per heavy atom. The van der Waals surface area contributed by atoms with E-state index in [1.165, 1.54) is 27.9 Å². The van der Waals surface area contributed by atoms with Crippen LogP contribution in [-0.4, -0.2) is 154 Å². The average Bonchev–Trinajstić information content (AvgIpc) is 3.38. The van der Waals surface area contributed by atoms with Gasteiger partial charge >= 0.3 is 35.8 Å². The molecule has 4 rings (SSSR count). The van der Waals surface area contributed by atoms with Crippen LogP contribution in [0.1, 0.15) is 111 Å². The number of hydrogen-bond acceptors (Lipinski definition) is 21. The van der Waals surface area contributed by atoms with Crippen LogP contribution >= 0.6 is 0 Å². The van der Waals surface area contributed by atoms with Crippen molar-refractivity contribution in [1.29, 1.82) is 0 Å². The quantitative estimate of drug-likeness (QED) is 0.0617. The fourth-order valence-electron chi connectivity index (χ4n) is 8.35. The molecule has 23 nitrogen and oxygen atoms in total. The molecule has 0 saturated carbocycles. The second-order valence-corrected chi connectivity index (χ2v) is 18.5. The summed E-state index contributed by atoms with van der Waals surface area (Å²) < 4.78 is 71.7. The largest absolute Gasteiger partial charge is 0.469 e. The van der Waals surface area contributed by atoms with Crippen LogP contribution in [0.15, 0.2) is 60.7 Å². The SMILES string of the molecule is COC(=O)CCCCCO[C@H]1O[C@H](C)[C@@H](NC(=O)[C@@H](CCOC(C)=O)OC(C)=O)[C@H](OCc2ccccc2)[C@@H]1O[C@H]1O[C@H](C)[C@@H](NC(=O)[C@@H](CCOC(C)=O)OC(C)=O)[C@H](OCc2ccccc2)[C@@H]1OC(=O)CCC(C)=O. The van der Waals surface area contributed by atoms with Gasteiger partial charge in [0, 0.05) is 60.0 Å². The molecule has 12 atom stereocenters.